The fourth-order valence-corrected chi connectivity index (χ4v) is 2.73. The second-order valence-corrected chi connectivity index (χ2v) is 5.71. The molecule has 0 fully saturated rings. The molecule has 21 heavy (non-hydrogen) atoms. The molecule has 0 aliphatic heterocycles. The lowest BCUT2D eigenvalue weighted by Crippen LogP contribution is -2.25. The summed E-state index contributed by atoms with van der Waals surface area (Å²) in [6, 6.07) is 7.26. The van der Waals surface area contributed by atoms with Crippen LogP contribution in [0.2, 0.25) is 0 Å². The zero-order valence-electron chi connectivity index (χ0n) is 11.7. The van der Waals surface area contributed by atoms with Crippen molar-refractivity contribution in [3.63, 3.8) is 0 Å². The summed E-state index contributed by atoms with van der Waals surface area (Å²) in [6.07, 6.45) is 3.16. The number of aromatic nitrogens is 1. The van der Waals surface area contributed by atoms with E-state index in [-0.39, 0.29) is 6.04 Å². The van der Waals surface area contributed by atoms with Gasteiger partial charge in [0.1, 0.15) is 11.6 Å². The SMILES string of the molecule is CCCNC(Cc1cc(F)cc(F)c1)c1ncccc1Br. The summed E-state index contributed by atoms with van der Waals surface area (Å²) in [5.74, 6) is -1.11. The van der Waals surface area contributed by atoms with Crippen LogP contribution in [0.15, 0.2) is 41.0 Å². The van der Waals surface area contributed by atoms with Crippen LogP contribution in [-0.4, -0.2) is 11.5 Å². The molecule has 1 atom stereocenters. The lowest BCUT2D eigenvalue weighted by atomic mass is 10.0. The van der Waals surface area contributed by atoms with E-state index in [1.165, 1.54) is 12.1 Å². The number of hydrogen-bond donors (Lipinski definition) is 1. The molecule has 5 heteroatoms. The molecular formula is C16H17BrF2N2. The third kappa shape index (κ3) is 4.58. The van der Waals surface area contributed by atoms with Gasteiger partial charge in [-0.1, -0.05) is 6.92 Å². The van der Waals surface area contributed by atoms with Gasteiger partial charge in [-0.2, -0.15) is 0 Å². The van der Waals surface area contributed by atoms with Gasteiger partial charge >= 0.3 is 0 Å². The van der Waals surface area contributed by atoms with E-state index in [4.69, 9.17) is 0 Å². The Hall–Kier alpha value is -1.33. The van der Waals surface area contributed by atoms with Gasteiger partial charge in [0.2, 0.25) is 0 Å². The quantitative estimate of drug-likeness (QED) is 0.831. The molecule has 0 spiro atoms. The lowest BCUT2D eigenvalue weighted by molar-refractivity contribution is 0.510. The van der Waals surface area contributed by atoms with Gasteiger partial charge < -0.3 is 5.32 Å². The van der Waals surface area contributed by atoms with Gasteiger partial charge in [-0.25, -0.2) is 8.78 Å². The summed E-state index contributed by atoms with van der Waals surface area (Å²) in [7, 11) is 0. The number of nitrogens with one attached hydrogen (secondary N) is 1. The molecule has 2 rings (SSSR count). The van der Waals surface area contributed by atoms with Crippen molar-refractivity contribution in [2.24, 2.45) is 0 Å². The molecule has 1 heterocycles. The fraction of sp³-hybridized carbons (Fsp3) is 0.312. The first-order valence-electron chi connectivity index (χ1n) is 6.89. The van der Waals surface area contributed by atoms with Crippen LogP contribution in [0, 0.1) is 11.6 Å². The number of nitrogens with zero attached hydrogens (tertiary/aromatic N) is 1. The second kappa shape index (κ2) is 7.61. The van der Waals surface area contributed by atoms with Crippen molar-refractivity contribution in [2.75, 3.05) is 6.54 Å². The van der Waals surface area contributed by atoms with E-state index in [2.05, 4.69) is 33.2 Å². The lowest BCUT2D eigenvalue weighted by Gasteiger charge is -2.19. The maximum atomic E-state index is 13.3. The van der Waals surface area contributed by atoms with Crippen LogP contribution >= 0.6 is 15.9 Å². The van der Waals surface area contributed by atoms with Crippen LogP contribution < -0.4 is 5.32 Å². The molecule has 0 saturated carbocycles. The maximum Gasteiger partial charge on any atom is 0.126 e. The Morgan fingerprint density at radius 2 is 1.95 bits per heavy atom. The standard InChI is InChI=1S/C16H17BrF2N2/c1-2-5-20-15(16-14(17)4-3-6-21-16)9-11-7-12(18)10-13(19)8-11/h3-4,6-8,10,15,20H,2,5,9H2,1H3. The molecule has 0 aliphatic carbocycles. The smallest absolute Gasteiger partial charge is 0.126 e. The Morgan fingerprint density at radius 1 is 1.24 bits per heavy atom. The first-order chi connectivity index (χ1) is 10.1. The Labute approximate surface area is 131 Å². The van der Waals surface area contributed by atoms with Crippen molar-refractivity contribution in [1.82, 2.24) is 10.3 Å². The predicted molar refractivity (Wildman–Crippen MR) is 83.0 cm³/mol. The molecule has 0 amide bonds. The van der Waals surface area contributed by atoms with Gasteiger partial charge in [0.15, 0.2) is 0 Å². The second-order valence-electron chi connectivity index (χ2n) is 4.86. The first kappa shape index (κ1) is 16.0. The predicted octanol–water partition coefficient (Wildman–Crippen LogP) is 4.41. The molecule has 0 saturated heterocycles. The summed E-state index contributed by atoms with van der Waals surface area (Å²) in [6.45, 7) is 2.88. The number of halogens is 3. The van der Waals surface area contributed by atoms with Crippen molar-refractivity contribution in [3.8, 4) is 0 Å². The zero-order chi connectivity index (χ0) is 15.2. The van der Waals surface area contributed by atoms with E-state index >= 15 is 0 Å². The summed E-state index contributed by atoms with van der Waals surface area (Å²) in [5, 5.41) is 3.38. The molecule has 1 N–H and O–H groups in total. The Morgan fingerprint density at radius 3 is 2.57 bits per heavy atom. The fourth-order valence-electron chi connectivity index (χ4n) is 2.20. The van der Waals surface area contributed by atoms with Gasteiger partial charge in [0.25, 0.3) is 0 Å². The minimum absolute atomic E-state index is 0.0956. The highest BCUT2D eigenvalue weighted by Gasteiger charge is 2.16. The topological polar surface area (TPSA) is 24.9 Å². The Kier molecular flexibility index (Phi) is 5.82. The summed E-state index contributed by atoms with van der Waals surface area (Å²) in [5.41, 5.74) is 1.45. The molecule has 0 radical (unpaired) electrons. The molecule has 2 aromatic rings. The normalized spacial score (nSPS) is 12.4. The molecule has 1 aromatic heterocycles. The van der Waals surface area contributed by atoms with Crippen LogP contribution in [0.4, 0.5) is 8.78 Å². The summed E-state index contributed by atoms with van der Waals surface area (Å²) in [4.78, 5) is 4.38. The molecule has 0 aliphatic rings. The van der Waals surface area contributed by atoms with Crippen LogP contribution in [0.3, 0.4) is 0 Å². The average molecular weight is 355 g/mol. The minimum Gasteiger partial charge on any atom is -0.308 e. The monoisotopic (exact) mass is 354 g/mol. The molecule has 2 nitrogen and oxygen atoms in total. The van der Waals surface area contributed by atoms with Crippen LogP contribution in [0.5, 0.6) is 0 Å². The zero-order valence-corrected chi connectivity index (χ0v) is 13.3. The van der Waals surface area contributed by atoms with Crippen molar-refractivity contribution in [3.05, 3.63) is 63.9 Å². The van der Waals surface area contributed by atoms with E-state index in [1.807, 2.05) is 12.1 Å². The van der Waals surface area contributed by atoms with Crippen molar-refractivity contribution in [2.45, 2.75) is 25.8 Å². The summed E-state index contributed by atoms with van der Waals surface area (Å²) < 4.78 is 27.5. The van der Waals surface area contributed by atoms with Crippen LogP contribution in [0.25, 0.3) is 0 Å². The van der Waals surface area contributed by atoms with E-state index in [0.29, 0.717) is 12.0 Å². The van der Waals surface area contributed by atoms with E-state index in [1.54, 1.807) is 6.20 Å². The molecule has 0 bridgehead atoms. The molecular weight excluding hydrogens is 338 g/mol. The number of pyridine rings is 1. The average Bonchev–Trinajstić information content (AvgIpc) is 2.43. The molecule has 1 unspecified atom stereocenters. The molecule has 112 valence electrons. The van der Waals surface area contributed by atoms with E-state index < -0.39 is 11.6 Å². The highest BCUT2D eigenvalue weighted by atomic mass is 79.9. The first-order valence-corrected chi connectivity index (χ1v) is 7.68. The van der Waals surface area contributed by atoms with Gasteiger partial charge in [0, 0.05) is 16.7 Å². The number of hydrogen-bond acceptors (Lipinski definition) is 2. The van der Waals surface area contributed by atoms with Gasteiger partial charge in [-0.3, -0.25) is 4.98 Å². The van der Waals surface area contributed by atoms with Gasteiger partial charge in [-0.15, -0.1) is 0 Å². The highest BCUT2D eigenvalue weighted by Crippen LogP contribution is 2.24. The maximum absolute atomic E-state index is 13.3. The number of rotatable bonds is 6. The third-order valence-corrected chi connectivity index (χ3v) is 3.79. The minimum atomic E-state index is -0.556. The Bertz CT molecular complexity index is 584. The highest BCUT2D eigenvalue weighted by molar-refractivity contribution is 9.10. The van der Waals surface area contributed by atoms with E-state index in [0.717, 1.165) is 29.2 Å². The Balaban J connectivity index is 2.26. The summed E-state index contributed by atoms with van der Waals surface area (Å²) >= 11 is 3.48. The largest absolute Gasteiger partial charge is 0.308 e. The molecule has 1 aromatic carbocycles. The van der Waals surface area contributed by atoms with Crippen molar-refractivity contribution >= 4 is 15.9 Å². The van der Waals surface area contributed by atoms with Crippen molar-refractivity contribution in [1.29, 1.82) is 0 Å². The third-order valence-electron chi connectivity index (χ3n) is 3.12. The van der Waals surface area contributed by atoms with Crippen LogP contribution in [-0.2, 0) is 6.42 Å². The van der Waals surface area contributed by atoms with E-state index in [9.17, 15) is 8.78 Å². The van der Waals surface area contributed by atoms with Gasteiger partial charge in [0.05, 0.1) is 11.7 Å². The number of benzene rings is 1. The van der Waals surface area contributed by atoms with Gasteiger partial charge in [-0.05, 0) is 65.1 Å². The van der Waals surface area contributed by atoms with Crippen molar-refractivity contribution < 1.29 is 8.78 Å². The van der Waals surface area contributed by atoms with Crippen LogP contribution in [0.1, 0.15) is 30.6 Å².